The topological polar surface area (TPSA) is 47.0 Å². The van der Waals surface area contributed by atoms with Crippen molar-refractivity contribution in [2.45, 2.75) is 32.2 Å². The van der Waals surface area contributed by atoms with Gasteiger partial charge in [0, 0.05) is 6.04 Å². The molecule has 0 aliphatic rings. The third-order valence-corrected chi connectivity index (χ3v) is 4.19. The van der Waals surface area contributed by atoms with Gasteiger partial charge < -0.3 is 10.1 Å². The quantitative estimate of drug-likeness (QED) is 0.852. The highest BCUT2D eigenvalue weighted by Crippen LogP contribution is 2.26. The van der Waals surface area contributed by atoms with Crippen LogP contribution in [-0.2, 0) is 12.8 Å². The molecular formula is C15H21N3OS. The van der Waals surface area contributed by atoms with Gasteiger partial charge in [-0.05, 0) is 49.1 Å². The second kappa shape index (κ2) is 7.36. The van der Waals surface area contributed by atoms with Crippen molar-refractivity contribution in [2.75, 3.05) is 14.2 Å². The zero-order valence-electron chi connectivity index (χ0n) is 12.2. The first-order valence-electron chi connectivity index (χ1n) is 6.89. The molecule has 20 heavy (non-hydrogen) atoms. The fourth-order valence-electron chi connectivity index (χ4n) is 2.25. The second-order valence-electron chi connectivity index (χ2n) is 4.73. The van der Waals surface area contributed by atoms with E-state index in [0.29, 0.717) is 0 Å². The Balaban J connectivity index is 2.17. The van der Waals surface area contributed by atoms with E-state index in [9.17, 15) is 0 Å². The van der Waals surface area contributed by atoms with Crippen LogP contribution in [0.5, 0.6) is 5.75 Å². The lowest BCUT2D eigenvalue weighted by molar-refractivity contribution is 0.414. The molecular weight excluding hydrogens is 270 g/mol. The maximum atomic E-state index is 5.28. The van der Waals surface area contributed by atoms with Gasteiger partial charge in [-0.3, -0.25) is 0 Å². The number of aryl methyl sites for hydroxylation is 1. The Hall–Kier alpha value is -1.46. The molecule has 4 nitrogen and oxygen atoms in total. The van der Waals surface area contributed by atoms with Crippen molar-refractivity contribution in [1.29, 1.82) is 0 Å². The molecule has 0 spiro atoms. The summed E-state index contributed by atoms with van der Waals surface area (Å²) < 4.78 is 9.39. The molecule has 2 rings (SSSR count). The summed E-state index contributed by atoms with van der Waals surface area (Å²) in [6.07, 6.45) is 2.99. The van der Waals surface area contributed by atoms with Crippen molar-refractivity contribution >= 4 is 11.5 Å². The highest BCUT2D eigenvalue weighted by atomic mass is 32.1. The number of benzene rings is 1. The third kappa shape index (κ3) is 3.55. The summed E-state index contributed by atoms with van der Waals surface area (Å²) in [4.78, 5) is 1.25. The summed E-state index contributed by atoms with van der Waals surface area (Å²) in [5, 5.41) is 7.63. The van der Waals surface area contributed by atoms with Gasteiger partial charge in [0.05, 0.1) is 17.7 Å². The molecule has 1 aromatic carbocycles. The van der Waals surface area contributed by atoms with Crippen LogP contribution in [0.15, 0.2) is 24.3 Å². The minimum atomic E-state index is 0.253. The SMILES string of the molecule is CCCc1nnsc1C(Cc1cccc(OC)c1)NC. The maximum absolute atomic E-state index is 5.28. The lowest BCUT2D eigenvalue weighted by atomic mass is 10.0. The van der Waals surface area contributed by atoms with Gasteiger partial charge in [0.2, 0.25) is 0 Å². The van der Waals surface area contributed by atoms with Gasteiger partial charge in [0.15, 0.2) is 0 Å². The number of likely N-dealkylation sites (N-methyl/N-ethyl adjacent to an activating group) is 1. The third-order valence-electron chi connectivity index (χ3n) is 3.31. The van der Waals surface area contributed by atoms with Crippen molar-refractivity contribution in [3.63, 3.8) is 0 Å². The Morgan fingerprint density at radius 1 is 1.40 bits per heavy atom. The molecule has 5 heteroatoms. The van der Waals surface area contributed by atoms with Crippen LogP contribution in [-0.4, -0.2) is 23.7 Å². The number of nitrogens with one attached hydrogen (secondary N) is 1. The molecule has 0 bridgehead atoms. The first kappa shape index (κ1) is 14.9. The van der Waals surface area contributed by atoms with Crippen molar-refractivity contribution in [3.8, 4) is 5.75 Å². The molecule has 0 aliphatic carbocycles. The number of ether oxygens (including phenoxy) is 1. The monoisotopic (exact) mass is 291 g/mol. The molecule has 0 saturated heterocycles. The van der Waals surface area contributed by atoms with E-state index in [1.807, 2.05) is 19.2 Å². The molecule has 0 saturated carbocycles. The molecule has 108 valence electrons. The summed E-state index contributed by atoms with van der Waals surface area (Å²) >= 11 is 1.50. The van der Waals surface area contributed by atoms with E-state index in [2.05, 4.69) is 34.0 Å². The number of methoxy groups -OCH3 is 1. The minimum absolute atomic E-state index is 0.253. The molecule has 1 heterocycles. The Labute approximate surface area is 124 Å². The number of hydrogen-bond donors (Lipinski definition) is 1. The normalized spacial score (nSPS) is 12.3. The molecule has 1 unspecified atom stereocenters. The van der Waals surface area contributed by atoms with Gasteiger partial charge in [0.1, 0.15) is 5.75 Å². The van der Waals surface area contributed by atoms with Gasteiger partial charge in [-0.1, -0.05) is 30.0 Å². The Morgan fingerprint density at radius 2 is 2.25 bits per heavy atom. The lowest BCUT2D eigenvalue weighted by Crippen LogP contribution is -2.19. The van der Waals surface area contributed by atoms with E-state index in [1.54, 1.807) is 7.11 Å². The summed E-state index contributed by atoms with van der Waals surface area (Å²) in [5.74, 6) is 0.897. The van der Waals surface area contributed by atoms with Crippen LogP contribution in [0.4, 0.5) is 0 Å². The molecule has 0 radical (unpaired) electrons. The van der Waals surface area contributed by atoms with Crippen molar-refractivity contribution < 1.29 is 4.74 Å². The van der Waals surface area contributed by atoms with Crippen LogP contribution in [0, 0.1) is 0 Å². The van der Waals surface area contributed by atoms with E-state index < -0.39 is 0 Å². The van der Waals surface area contributed by atoms with Gasteiger partial charge in [-0.2, -0.15) is 0 Å². The number of aromatic nitrogens is 2. The van der Waals surface area contributed by atoms with Crippen molar-refractivity contribution in [2.24, 2.45) is 0 Å². The van der Waals surface area contributed by atoms with Gasteiger partial charge in [0.25, 0.3) is 0 Å². The second-order valence-corrected chi connectivity index (χ2v) is 5.52. The average molecular weight is 291 g/mol. The zero-order chi connectivity index (χ0) is 14.4. The van der Waals surface area contributed by atoms with E-state index in [-0.39, 0.29) is 6.04 Å². The zero-order valence-corrected chi connectivity index (χ0v) is 13.0. The molecule has 0 amide bonds. The number of nitrogens with zero attached hydrogens (tertiary/aromatic N) is 2. The molecule has 1 aromatic heterocycles. The molecule has 0 aliphatic heterocycles. The Kier molecular flexibility index (Phi) is 5.49. The first-order valence-corrected chi connectivity index (χ1v) is 7.67. The van der Waals surface area contributed by atoms with Crippen LogP contribution in [0.1, 0.15) is 35.5 Å². The van der Waals surface area contributed by atoms with Crippen LogP contribution in [0.3, 0.4) is 0 Å². The average Bonchev–Trinajstić information content (AvgIpc) is 2.93. The summed E-state index contributed by atoms with van der Waals surface area (Å²) in [5.41, 5.74) is 2.37. The fraction of sp³-hybridized carbons (Fsp3) is 0.467. The predicted molar refractivity (Wildman–Crippen MR) is 82.4 cm³/mol. The number of rotatable bonds is 7. The van der Waals surface area contributed by atoms with Gasteiger partial charge in [-0.25, -0.2) is 0 Å². The van der Waals surface area contributed by atoms with Gasteiger partial charge in [-0.15, -0.1) is 5.10 Å². The smallest absolute Gasteiger partial charge is 0.119 e. The van der Waals surface area contributed by atoms with Crippen LogP contribution >= 0.6 is 11.5 Å². The molecule has 2 aromatic rings. The van der Waals surface area contributed by atoms with E-state index in [4.69, 9.17) is 4.74 Å². The minimum Gasteiger partial charge on any atom is -0.497 e. The summed E-state index contributed by atoms with van der Waals surface area (Å²) in [7, 11) is 3.68. The highest BCUT2D eigenvalue weighted by molar-refractivity contribution is 7.05. The Morgan fingerprint density at radius 3 is 2.95 bits per heavy atom. The lowest BCUT2D eigenvalue weighted by Gasteiger charge is -2.15. The number of hydrogen-bond acceptors (Lipinski definition) is 5. The summed E-state index contributed by atoms with van der Waals surface area (Å²) in [6, 6.07) is 8.45. The van der Waals surface area contributed by atoms with Crippen LogP contribution in [0.2, 0.25) is 0 Å². The summed E-state index contributed by atoms with van der Waals surface area (Å²) in [6.45, 7) is 2.17. The van der Waals surface area contributed by atoms with Crippen molar-refractivity contribution in [3.05, 3.63) is 40.4 Å². The van der Waals surface area contributed by atoms with Gasteiger partial charge >= 0.3 is 0 Å². The van der Waals surface area contributed by atoms with E-state index in [1.165, 1.54) is 22.0 Å². The first-order chi connectivity index (χ1) is 9.78. The largest absolute Gasteiger partial charge is 0.497 e. The highest BCUT2D eigenvalue weighted by Gasteiger charge is 2.18. The van der Waals surface area contributed by atoms with Crippen molar-refractivity contribution in [1.82, 2.24) is 14.9 Å². The molecule has 0 fully saturated rings. The van der Waals surface area contributed by atoms with Crippen LogP contribution < -0.4 is 10.1 Å². The van der Waals surface area contributed by atoms with E-state index in [0.717, 1.165) is 30.7 Å². The fourth-order valence-corrected chi connectivity index (χ4v) is 3.06. The predicted octanol–water partition coefficient (Wildman–Crippen LogP) is 3.00. The molecule has 1 N–H and O–H groups in total. The standard InChI is InChI=1S/C15H21N3OS/c1-4-6-13-15(20-18-17-13)14(16-2)10-11-7-5-8-12(9-11)19-3/h5,7-9,14,16H,4,6,10H2,1-3H3. The Bertz CT molecular complexity index is 541. The van der Waals surface area contributed by atoms with E-state index >= 15 is 0 Å². The maximum Gasteiger partial charge on any atom is 0.119 e. The molecule has 1 atom stereocenters. The van der Waals surface area contributed by atoms with Crippen LogP contribution in [0.25, 0.3) is 0 Å².